The van der Waals surface area contributed by atoms with Crippen molar-refractivity contribution in [3.8, 4) is 6.19 Å². The number of hydrogen-bond acceptors (Lipinski definition) is 3. The molecule has 0 spiro atoms. The first-order chi connectivity index (χ1) is 3.72. The molecule has 44 valence electrons. The molecule has 0 saturated heterocycles. The van der Waals surface area contributed by atoms with Gasteiger partial charge in [-0.3, -0.25) is 5.41 Å². The van der Waals surface area contributed by atoms with Crippen LogP contribution in [-0.4, -0.2) is 25.1 Å². The summed E-state index contributed by atoms with van der Waals surface area (Å²) in [6.45, 7) is 0. The Morgan fingerprint density at radius 2 is 2.38 bits per heavy atom. The highest BCUT2D eigenvalue weighted by molar-refractivity contribution is 5.71. The maximum atomic E-state index is 8.09. The maximum absolute atomic E-state index is 8.09. The van der Waals surface area contributed by atoms with Gasteiger partial charge in [0.2, 0.25) is 0 Å². The lowest BCUT2D eigenvalue weighted by Crippen LogP contribution is -2.21. The molecule has 0 atom stereocenters. The van der Waals surface area contributed by atoms with Crippen LogP contribution in [0.2, 0.25) is 0 Å². The first-order valence-corrected chi connectivity index (χ1v) is 1.98. The normalized spacial score (nSPS) is 7.12. The van der Waals surface area contributed by atoms with E-state index in [4.69, 9.17) is 10.7 Å². The van der Waals surface area contributed by atoms with Crippen molar-refractivity contribution >= 4 is 6.02 Å². The highest BCUT2D eigenvalue weighted by atomic mass is 16.5. The van der Waals surface area contributed by atoms with Crippen LogP contribution in [0.3, 0.4) is 0 Å². The largest absolute Gasteiger partial charge is 0.468 e. The number of amidine groups is 1. The number of nitriles is 1. The van der Waals surface area contributed by atoms with E-state index in [2.05, 4.69) is 4.74 Å². The molecule has 0 radical (unpaired) electrons. The van der Waals surface area contributed by atoms with Gasteiger partial charge in [-0.1, -0.05) is 0 Å². The molecule has 8 heavy (non-hydrogen) atoms. The maximum Gasteiger partial charge on any atom is 0.297 e. The van der Waals surface area contributed by atoms with Crippen LogP contribution in [0, 0.1) is 16.9 Å². The summed E-state index contributed by atoms with van der Waals surface area (Å²) in [7, 11) is 2.79. The van der Waals surface area contributed by atoms with Crippen molar-refractivity contribution in [2.24, 2.45) is 0 Å². The van der Waals surface area contributed by atoms with Gasteiger partial charge in [0.1, 0.15) is 0 Å². The molecule has 0 rings (SSSR count). The molecule has 0 aromatic carbocycles. The van der Waals surface area contributed by atoms with Gasteiger partial charge < -0.3 is 4.74 Å². The van der Waals surface area contributed by atoms with Gasteiger partial charge in [0.25, 0.3) is 6.02 Å². The summed E-state index contributed by atoms with van der Waals surface area (Å²) in [5, 5.41) is 14.9. The van der Waals surface area contributed by atoms with Crippen LogP contribution >= 0.6 is 0 Å². The second kappa shape index (κ2) is 2.86. The third-order valence-corrected chi connectivity index (χ3v) is 0.648. The summed E-state index contributed by atoms with van der Waals surface area (Å²) >= 11 is 0. The molecule has 4 nitrogen and oxygen atoms in total. The molecule has 0 aliphatic heterocycles. The number of nitrogens with zero attached hydrogens (tertiary/aromatic N) is 2. The molecule has 0 heterocycles. The van der Waals surface area contributed by atoms with Gasteiger partial charge >= 0.3 is 0 Å². The SMILES string of the molecule is COC(=N)N(C)C#N. The first-order valence-electron chi connectivity index (χ1n) is 1.98. The number of rotatable bonds is 0. The van der Waals surface area contributed by atoms with Gasteiger partial charge in [-0.2, -0.15) is 5.26 Å². The van der Waals surface area contributed by atoms with Crippen molar-refractivity contribution in [2.75, 3.05) is 14.2 Å². The van der Waals surface area contributed by atoms with Gasteiger partial charge in [0.15, 0.2) is 6.19 Å². The lowest BCUT2D eigenvalue weighted by atomic mass is 10.9. The van der Waals surface area contributed by atoms with E-state index in [1.165, 1.54) is 14.2 Å². The Bertz CT molecular complexity index is 126. The Labute approximate surface area is 47.8 Å². The zero-order valence-electron chi connectivity index (χ0n) is 4.80. The Morgan fingerprint density at radius 3 is 2.50 bits per heavy atom. The minimum absolute atomic E-state index is 0.146. The van der Waals surface area contributed by atoms with Crippen molar-refractivity contribution in [1.29, 1.82) is 10.7 Å². The second-order valence-corrected chi connectivity index (χ2v) is 1.17. The molecule has 1 N–H and O–H groups in total. The molecule has 0 aromatic heterocycles. The van der Waals surface area contributed by atoms with Crippen LogP contribution in [0.15, 0.2) is 0 Å². The predicted octanol–water partition coefficient (Wildman–Crippen LogP) is -0.0196. The third kappa shape index (κ3) is 1.47. The van der Waals surface area contributed by atoms with Crippen molar-refractivity contribution < 1.29 is 4.74 Å². The van der Waals surface area contributed by atoms with Gasteiger partial charge in [0, 0.05) is 7.05 Å². The van der Waals surface area contributed by atoms with E-state index in [9.17, 15) is 0 Å². The van der Waals surface area contributed by atoms with Crippen molar-refractivity contribution in [1.82, 2.24) is 4.90 Å². The summed E-state index contributed by atoms with van der Waals surface area (Å²) in [6.07, 6.45) is 1.70. The number of nitrogens with one attached hydrogen (secondary N) is 1. The topological polar surface area (TPSA) is 60.1 Å². The fourth-order valence-electron chi connectivity index (χ4n) is 0.182. The Balaban J connectivity index is 3.68. The van der Waals surface area contributed by atoms with E-state index in [0.717, 1.165) is 4.90 Å². The fraction of sp³-hybridized carbons (Fsp3) is 0.500. The quantitative estimate of drug-likeness (QED) is 0.208. The Morgan fingerprint density at radius 1 is 1.88 bits per heavy atom. The average Bonchev–Trinajstić information content (AvgIpc) is 1.84. The number of hydrogen-bond donors (Lipinski definition) is 1. The van der Waals surface area contributed by atoms with Crippen LogP contribution < -0.4 is 0 Å². The van der Waals surface area contributed by atoms with E-state index < -0.39 is 0 Å². The van der Waals surface area contributed by atoms with E-state index in [-0.39, 0.29) is 6.02 Å². The van der Waals surface area contributed by atoms with E-state index in [0.29, 0.717) is 0 Å². The predicted molar refractivity (Wildman–Crippen MR) is 28.1 cm³/mol. The number of methoxy groups -OCH3 is 1. The van der Waals surface area contributed by atoms with Crippen LogP contribution in [-0.2, 0) is 4.74 Å². The smallest absolute Gasteiger partial charge is 0.297 e. The molecule has 4 heteroatoms. The summed E-state index contributed by atoms with van der Waals surface area (Å²) in [5.74, 6) is 0. The van der Waals surface area contributed by atoms with Crippen LogP contribution in [0.1, 0.15) is 0 Å². The van der Waals surface area contributed by atoms with Crippen molar-refractivity contribution in [2.45, 2.75) is 0 Å². The number of ether oxygens (including phenoxy) is 1. The molecule has 0 bridgehead atoms. The highest BCUT2D eigenvalue weighted by Gasteiger charge is 1.97. The van der Waals surface area contributed by atoms with Gasteiger partial charge in [0.05, 0.1) is 7.11 Å². The molecule has 0 saturated carbocycles. The van der Waals surface area contributed by atoms with Crippen molar-refractivity contribution in [3.63, 3.8) is 0 Å². The Hall–Kier alpha value is -1.24. The van der Waals surface area contributed by atoms with Gasteiger partial charge in [-0.05, 0) is 0 Å². The second-order valence-electron chi connectivity index (χ2n) is 1.17. The highest BCUT2D eigenvalue weighted by Crippen LogP contribution is 1.79. The molecular formula is C4H7N3O. The zero-order chi connectivity index (χ0) is 6.57. The van der Waals surface area contributed by atoms with Gasteiger partial charge in [-0.25, -0.2) is 4.90 Å². The summed E-state index contributed by atoms with van der Waals surface area (Å²) < 4.78 is 4.39. The molecule has 0 unspecified atom stereocenters. The molecule has 0 aliphatic rings. The molecule has 0 aliphatic carbocycles. The molecule has 0 aromatic rings. The third-order valence-electron chi connectivity index (χ3n) is 0.648. The first kappa shape index (κ1) is 6.76. The average molecular weight is 113 g/mol. The van der Waals surface area contributed by atoms with E-state index >= 15 is 0 Å². The Kier molecular flexibility index (Phi) is 2.41. The fourth-order valence-corrected chi connectivity index (χ4v) is 0.182. The van der Waals surface area contributed by atoms with Gasteiger partial charge in [-0.15, -0.1) is 0 Å². The monoisotopic (exact) mass is 113 g/mol. The summed E-state index contributed by atoms with van der Waals surface area (Å²) in [6, 6.07) is -0.146. The lowest BCUT2D eigenvalue weighted by Gasteiger charge is -2.05. The minimum atomic E-state index is -0.146. The molecular weight excluding hydrogens is 106 g/mol. The standard InChI is InChI=1S/C4H7N3O/c1-7(3-5)4(6)8-2/h6H,1-2H3. The van der Waals surface area contributed by atoms with Crippen LogP contribution in [0.4, 0.5) is 0 Å². The minimum Gasteiger partial charge on any atom is -0.468 e. The lowest BCUT2D eigenvalue weighted by molar-refractivity contribution is 0.341. The summed E-state index contributed by atoms with van der Waals surface area (Å²) in [4.78, 5) is 1.01. The zero-order valence-corrected chi connectivity index (χ0v) is 4.80. The summed E-state index contributed by atoms with van der Waals surface area (Å²) in [5.41, 5.74) is 0. The molecule has 0 fully saturated rings. The van der Waals surface area contributed by atoms with E-state index in [1.807, 2.05) is 0 Å². The van der Waals surface area contributed by atoms with Crippen LogP contribution in [0.5, 0.6) is 0 Å². The van der Waals surface area contributed by atoms with E-state index in [1.54, 1.807) is 6.19 Å². The van der Waals surface area contributed by atoms with Crippen molar-refractivity contribution in [3.05, 3.63) is 0 Å². The van der Waals surface area contributed by atoms with Crippen LogP contribution in [0.25, 0.3) is 0 Å². The molecule has 0 amide bonds.